The number of carbonyl (C=O) groups excluding carboxylic acids is 1. The summed E-state index contributed by atoms with van der Waals surface area (Å²) in [5, 5.41) is 0. The Hall–Kier alpha value is -4.34. The van der Waals surface area contributed by atoms with Gasteiger partial charge in [0.2, 0.25) is 5.95 Å². The van der Waals surface area contributed by atoms with Crippen molar-refractivity contribution in [2.24, 2.45) is 0 Å². The molecule has 2 saturated heterocycles. The Bertz CT molecular complexity index is 1650. The van der Waals surface area contributed by atoms with E-state index in [9.17, 15) is 4.79 Å². The number of ether oxygens (including phenoxy) is 2. The van der Waals surface area contributed by atoms with Crippen molar-refractivity contribution in [1.29, 1.82) is 0 Å². The molecule has 46 heavy (non-hydrogen) atoms. The summed E-state index contributed by atoms with van der Waals surface area (Å²) in [6.07, 6.45) is 4.98. The van der Waals surface area contributed by atoms with Crippen molar-refractivity contribution < 1.29 is 19.7 Å². The van der Waals surface area contributed by atoms with E-state index in [0.29, 0.717) is 23.6 Å². The fraction of sp³-hybridized carbons (Fsp3) is 0.405. The molecular formula is C37H47N5O4. The second-order valence-electron chi connectivity index (χ2n) is 12.4. The Balaban J connectivity index is 0.00000417. The van der Waals surface area contributed by atoms with Gasteiger partial charge in [-0.2, -0.15) is 0 Å². The molecule has 3 aromatic carbocycles. The standard InChI is InChI=1S/C37H45N5O3.H2O/c1-5-18-42-32-15-10-9-14-31(32)38-36(42)40-20-11-19-39(23-24-40)21-16-37(30-12-7-6-8-13-30)17-22-41(27-37)35(43)29-25-28(2)34(45-4)33(26-29)44-3;/h5-10,12-15,25-26H,1,11,16-24,27H2,2-4H3;1H2. The number of methoxy groups -OCH3 is 2. The van der Waals surface area contributed by atoms with E-state index in [4.69, 9.17) is 14.5 Å². The number of carbonyl (C=O) groups is 1. The molecule has 244 valence electrons. The smallest absolute Gasteiger partial charge is 0.254 e. The van der Waals surface area contributed by atoms with Crippen LogP contribution in [0, 0.1) is 6.92 Å². The minimum Gasteiger partial charge on any atom is -0.493 e. The number of fused-ring (bicyclic) bond motifs is 1. The van der Waals surface area contributed by atoms with Gasteiger partial charge in [-0.15, -0.1) is 6.58 Å². The van der Waals surface area contributed by atoms with Crippen molar-refractivity contribution in [3.05, 3.63) is 96.1 Å². The Morgan fingerprint density at radius 1 is 0.978 bits per heavy atom. The molecule has 9 heteroatoms. The average Bonchev–Trinajstić information content (AvgIpc) is 3.59. The third-order valence-corrected chi connectivity index (χ3v) is 9.66. The Labute approximate surface area is 272 Å². The van der Waals surface area contributed by atoms with Crippen LogP contribution in [0.2, 0.25) is 0 Å². The normalized spacial score (nSPS) is 18.7. The molecule has 1 atom stereocenters. The zero-order chi connectivity index (χ0) is 31.4. The van der Waals surface area contributed by atoms with Gasteiger partial charge in [0, 0.05) is 50.2 Å². The molecule has 6 rings (SSSR count). The van der Waals surface area contributed by atoms with Crippen LogP contribution >= 0.6 is 0 Å². The fourth-order valence-electron chi connectivity index (χ4n) is 7.26. The molecule has 9 nitrogen and oxygen atoms in total. The van der Waals surface area contributed by atoms with Crippen LogP contribution < -0.4 is 14.4 Å². The van der Waals surface area contributed by atoms with Crippen LogP contribution in [0.25, 0.3) is 11.0 Å². The zero-order valence-corrected chi connectivity index (χ0v) is 27.4. The Kier molecular flexibility index (Phi) is 10.3. The van der Waals surface area contributed by atoms with E-state index < -0.39 is 0 Å². The van der Waals surface area contributed by atoms with Gasteiger partial charge in [0.25, 0.3) is 5.91 Å². The van der Waals surface area contributed by atoms with E-state index in [1.54, 1.807) is 14.2 Å². The maximum absolute atomic E-state index is 13.8. The SMILES string of the molecule is C=CCn1c(N2CCCN(CCC3(c4ccccc4)CCN(C(=O)c4cc(C)c(OC)c(OC)c4)C3)CC2)nc2ccccc21.O. The van der Waals surface area contributed by atoms with Crippen LogP contribution in [0.3, 0.4) is 0 Å². The minimum absolute atomic E-state index is 0. The number of amides is 1. The highest BCUT2D eigenvalue weighted by molar-refractivity contribution is 5.95. The van der Waals surface area contributed by atoms with Gasteiger partial charge in [-0.3, -0.25) is 4.79 Å². The number of benzene rings is 3. The largest absolute Gasteiger partial charge is 0.493 e. The lowest BCUT2D eigenvalue weighted by atomic mass is 9.76. The van der Waals surface area contributed by atoms with E-state index in [-0.39, 0.29) is 16.8 Å². The molecule has 1 amide bonds. The number of hydrogen-bond donors (Lipinski definition) is 0. The average molecular weight is 626 g/mol. The van der Waals surface area contributed by atoms with E-state index in [2.05, 4.69) is 75.5 Å². The maximum Gasteiger partial charge on any atom is 0.254 e. The number of para-hydroxylation sites is 2. The van der Waals surface area contributed by atoms with Gasteiger partial charge in [-0.1, -0.05) is 48.5 Å². The van der Waals surface area contributed by atoms with Gasteiger partial charge in [0.15, 0.2) is 11.5 Å². The predicted molar refractivity (Wildman–Crippen MR) is 184 cm³/mol. The zero-order valence-electron chi connectivity index (χ0n) is 27.4. The van der Waals surface area contributed by atoms with Crippen LogP contribution in [-0.2, 0) is 12.0 Å². The summed E-state index contributed by atoms with van der Waals surface area (Å²) in [7, 11) is 3.24. The molecule has 0 saturated carbocycles. The molecule has 2 aliphatic rings. The molecule has 2 N–H and O–H groups in total. The van der Waals surface area contributed by atoms with E-state index in [1.165, 1.54) is 5.56 Å². The molecular weight excluding hydrogens is 578 g/mol. The summed E-state index contributed by atoms with van der Waals surface area (Å²) in [4.78, 5) is 26.0. The molecule has 2 fully saturated rings. The van der Waals surface area contributed by atoms with Crippen LogP contribution in [0.1, 0.15) is 40.7 Å². The second kappa shape index (κ2) is 14.4. The quantitative estimate of drug-likeness (QED) is 0.228. The topological polar surface area (TPSA) is 94.6 Å². The lowest BCUT2D eigenvalue weighted by molar-refractivity contribution is 0.0780. The predicted octanol–water partition coefficient (Wildman–Crippen LogP) is 5.11. The third kappa shape index (κ3) is 6.48. The number of anilines is 1. The Morgan fingerprint density at radius 3 is 2.52 bits per heavy atom. The molecule has 3 heterocycles. The first-order valence-electron chi connectivity index (χ1n) is 16.1. The van der Waals surface area contributed by atoms with Crippen LogP contribution in [0.4, 0.5) is 5.95 Å². The monoisotopic (exact) mass is 625 g/mol. The van der Waals surface area contributed by atoms with Crippen molar-refractivity contribution in [3.63, 3.8) is 0 Å². The highest BCUT2D eigenvalue weighted by Crippen LogP contribution is 2.40. The van der Waals surface area contributed by atoms with Gasteiger partial charge >= 0.3 is 0 Å². The van der Waals surface area contributed by atoms with Crippen molar-refractivity contribution in [3.8, 4) is 11.5 Å². The number of nitrogens with zero attached hydrogens (tertiary/aromatic N) is 5. The molecule has 0 spiro atoms. The Morgan fingerprint density at radius 2 is 1.76 bits per heavy atom. The molecule has 0 aliphatic carbocycles. The van der Waals surface area contributed by atoms with E-state index in [0.717, 1.165) is 87.6 Å². The first-order valence-corrected chi connectivity index (χ1v) is 16.1. The number of rotatable bonds is 10. The van der Waals surface area contributed by atoms with Crippen LogP contribution in [-0.4, -0.2) is 90.8 Å². The highest BCUT2D eigenvalue weighted by Gasteiger charge is 2.41. The van der Waals surface area contributed by atoms with Gasteiger partial charge in [0.1, 0.15) is 0 Å². The number of imidazole rings is 1. The number of aromatic nitrogens is 2. The summed E-state index contributed by atoms with van der Waals surface area (Å²) < 4.78 is 13.3. The van der Waals surface area contributed by atoms with Crippen LogP contribution in [0.15, 0.2) is 79.4 Å². The number of allylic oxidation sites excluding steroid dienone is 1. The first-order chi connectivity index (χ1) is 22.0. The molecule has 1 aromatic heterocycles. The first kappa shape index (κ1) is 33.0. The minimum atomic E-state index is -0.0908. The van der Waals surface area contributed by atoms with Crippen molar-refractivity contribution in [2.75, 3.05) is 64.9 Å². The fourth-order valence-corrected chi connectivity index (χ4v) is 7.26. The van der Waals surface area contributed by atoms with Gasteiger partial charge in [-0.25, -0.2) is 4.98 Å². The van der Waals surface area contributed by atoms with E-state index >= 15 is 0 Å². The van der Waals surface area contributed by atoms with Crippen LogP contribution in [0.5, 0.6) is 11.5 Å². The van der Waals surface area contributed by atoms with E-state index in [1.807, 2.05) is 30.0 Å². The summed E-state index contributed by atoms with van der Waals surface area (Å²) in [6.45, 7) is 13.1. The van der Waals surface area contributed by atoms with Crippen molar-refractivity contribution in [2.45, 2.75) is 38.1 Å². The highest BCUT2D eigenvalue weighted by atomic mass is 16.5. The molecule has 4 aromatic rings. The molecule has 1 unspecified atom stereocenters. The summed E-state index contributed by atoms with van der Waals surface area (Å²) >= 11 is 0. The maximum atomic E-state index is 13.8. The van der Waals surface area contributed by atoms with Gasteiger partial charge < -0.3 is 34.2 Å². The second-order valence-corrected chi connectivity index (χ2v) is 12.4. The number of likely N-dealkylation sites (tertiary alicyclic amines) is 1. The molecule has 0 radical (unpaired) electrons. The summed E-state index contributed by atoms with van der Waals surface area (Å²) in [5.41, 5.74) is 4.95. The van der Waals surface area contributed by atoms with Crippen molar-refractivity contribution >= 4 is 22.9 Å². The molecule has 2 aliphatic heterocycles. The third-order valence-electron chi connectivity index (χ3n) is 9.66. The number of aryl methyl sites for hydroxylation is 1. The van der Waals surface area contributed by atoms with Gasteiger partial charge in [0.05, 0.1) is 25.3 Å². The summed E-state index contributed by atoms with van der Waals surface area (Å²) in [6, 6.07) is 22.9. The van der Waals surface area contributed by atoms with Gasteiger partial charge in [-0.05, 0) is 74.7 Å². The lowest BCUT2D eigenvalue weighted by Crippen LogP contribution is -2.39. The lowest BCUT2D eigenvalue weighted by Gasteiger charge is -2.33. The van der Waals surface area contributed by atoms with Crippen molar-refractivity contribution in [1.82, 2.24) is 19.4 Å². The summed E-state index contributed by atoms with van der Waals surface area (Å²) in [5.74, 6) is 2.34. The molecule has 0 bridgehead atoms. The number of hydrogen-bond acceptors (Lipinski definition) is 6.